The fraction of sp³-hybridized carbons (Fsp3) is 0.125. The molecular weight excluding hydrogens is 398 g/mol. The molecule has 29 heavy (non-hydrogen) atoms. The first-order valence-electron chi connectivity index (χ1n) is 9.22. The predicted octanol–water partition coefficient (Wildman–Crippen LogP) is 6.43. The molecule has 0 unspecified atom stereocenters. The number of nitrogens with zero attached hydrogens (tertiary/aromatic N) is 1. The van der Waals surface area contributed by atoms with Gasteiger partial charge in [-0.25, -0.2) is 0 Å². The zero-order valence-electron chi connectivity index (χ0n) is 16.4. The number of methoxy groups -OCH3 is 1. The standard InChI is InChI=1S/C24H23NO2S2/c1-19(26)25(17-20-13-15-21(27-2)16-14-20)18-24(28-22-9-5-3-6-10-22)29-23-11-7-4-8-12-23/h3-16,18H,17H2,1-2H3. The highest BCUT2D eigenvalue weighted by Gasteiger charge is 2.12. The third kappa shape index (κ3) is 6.73. The lowest BCUT2D eigenvalue weighted by Gasteiger charge is -2.19. The molecule has 0 fully saturated rings. The van der Waals surface area contributed by atoms with E-state index in [0.29, 0.717) is 6.54 Å². The molecule has 0 radical (unpaired) electrons. The molecule has 5 heteroatoms. The zero-order chi connectivity index (χ0) is 20.5. The predicted molar refractivity (Wildman–Crippen MR) is 122 cm³/mol. The first-order chi connectivity index (χ1) is 14.1. The Morgan fingerprint density at radius 3 is 1.83 bits per heavy atom. The average Bonchev–Trinajstić information content (AvgIpc) is 2.75. The SMILES string of the molecule is COc1ccc(CN(C=C(Sc2ccccc2)Sc2ccccc2)C(C)=O)cc1. The lowest BCUT2D eigenvalue weighted by molar-refractivity contribution is -0.126. The largest absolute Gasteiger partial charge is 0.497 e. The van der Waals surface area contributed by atoms with Gasteiger partial charge in [0.1, 0.15) is 5.75 Å². The summed E-state index contributed by atoms with van der Waals surface area (Å²) in [5.74, 6) is 0.805. The number of carbonyl (C=O) groups is 1. The van der Waals surface area contributed by atoms with Gasteiger partial charge in [-0.05, 0) is 42.0 Å². The minimum atomic E-state index is 0.000594. The normalized spacial score (nSPS) is 10.3. The molecule has 0 aromatic heterocycles. The van der Waals surface area contributed by atoms with Crippen LogP contribution in [0.2, 0.25) is 0 Å². The summed E-state index contributed by atoms with van der Waals surface area (Å²) in [6.07, 6.45) is 1.95. The van der Waals surface area contributed by atoms with Crippen molar-refractivity contribution in [3.63, 3.8) is 0 Å². The lowest BCUT2D eigenvalue weighted by atomic mass is 10.2. The van der Waals surface area contributed by atoms with E-state index in [2.05, 4.69) is 24.3 Å². The van der Waals surface area contributed by atoms with Gasteiger partial charge in [0.25, 0.3) is 0 Å². The van der Waals surface area contributed by atoms with Gasteiger partial charge < -0.3 is 9.64 Å². The third-order valence-corrected chi connectivity index (χ3v) is 6.23. The fourth-order valence-electron chi connectivity index (χ4n) is 2.59. The topological polar surface area (TPSA) is 29.5 Å². The number of thioether (sulfide) groups is 2. The van der Waals surface area contributed by atoms with E-state index < -0.39 is 0 Å². The molecule has 0 saturated heterocycles. The summed E-state index contributed by atoms with van der Waals surface area (Å²) in [5, 5.41) is 0. The van der Waals surface area contributed by atoms with Crippen molar-refractivity contribution in [2.24, 2.45) is 0 Å². The van der Waals surface area contributed by atoms with Crippen LogP contribution in [0.3, 0.4) is 0 Å². The number of carbonyl (C=O) groups excluding carboxylic acids is 1. The van der Waals surface area contributed by atoms with Gasteiger partial charge in [-0.15, -0.1) is 0 Å². The molecular formula is C24H23NO2S2. The molecule has 3 nitrogen and oxygen atoms in total. The molecule has 0 aliphatic carbocycles. The summed E-state index contributed by atoms with van der Waals surface area (Å²) in [5.41, 5.74) is 1.05. The molecule has 0 atom stereocenters. The maximum atomic E-state index is 12.3. The van der Waals surface area contributed by atoms with Crippen molar-refractivity contribution in [1.82, 2.24) is 4.90 Å². The van der Waals surface area contributed by atoms with Crippen LogP contribution >= 0.6 is 23.5 Å². The van der Waals surface area contributed by atoms with Crippen LogP contribution in [0.4, 0.5) is 0 Å². The van der Waals surface area contributed by atoms with Gasteiger partial charge in [-0.1, -0.05) is 72.1 Å². The van der Waals surface area contributed by atoms with Crippen LogP contribution < -0.4 is 4.74 Å². The Hall–Kier alpha value is -2.63. The molecule has 0 N–H and O–H groups in total. The third-order valence-electron chi connectivity index (χ3n) is 4.10. The summed E-state index contributed by atoms with van der Waals surface area (Å²) in [6, 6.07) is 28.2. The summed E-state index contributed by atoms with van der Waals surface area (Å²) < 4.78 is 6.25. The van der Waals surface area contributed by atoms with E-state index >= 15 is 0 Å². The van der Waals surface area contributed by atoms with Gasteiger partial charge >= 0.3 is 0 Å². The summed E-state index contributed by atoms with van der Waals surface area (Å²) in [4.78, 5) is 16.4. The molecule has 0 saturated carbocycles. The first kappa shape index (κ1) is 21.1. The second-order valence-electron chi connectivity index (χ2n) is 6.27. The van der Waals surface area contributed by atoms with E-state index in [9.17, 15) is 4.79 Å². The number of hydrogen-bond donors (Lipinski definition) is 0. The highest BCUT2D eigenvalue weighted by Crippen LogP contribution is 2.39. The van der Waals surface area contributed by atoms with Crippen LogP contribution in [0.25, 0.3) is 0 Å². The van der Waals surface area contributed by atoms with Crippen molar-refractivity contribution in [3.8, 4) is 5.75 Å². The van der Waals surface area contributed by atoms with Crippen LogP contribution in [0.5, 0.6) is 5.75 Å². The Bertz CT molecular complexity index is 898. The van der Waals surface area contributed by atoms with E-state index in [1.54, 1.807) is 42.5 Å². The molecule has 3 rings (SSSR count). The summed E-state index contributed by atoms with van der Waals surface area (Å²) in [7, 11) is 1.65. The van der Waals surface area contributed by atoms with E-state index in [-0.39, 0.29) is 5.91 Å². The van der Waals surface area contributed by atoms with Crippen LogP contribution in [0, 0.1) is 0 Å². The van der Waals surface area contributed by atoms with E-state index in [4.69, 9.17) is 4.74 Å². The quantitative estimate of drug-likeness (QED) is 0.392. The number of amides is 1. The smallest absolute Gasteiger partial charge is 0.223 e. The molecule has 0 aliphatic heterocycles. The van der Waals surface area contributed by atoms with Crippen molar-refractivity contribution in [3.05, 3.63) is 101 Å². The molecule has 0 spiro atoms. The highest BCUT2D eigenvalue weighted by atomic mass is 32.2. The van der Waals surface area contributed by atoms with E-state index in [0.717, 1.165) is 25.3 Å². The lowest BCUT2D eigenvalue weighted by Crippen LogP contribution is -2.22. The number of rotatable bonds is 8. The van der Waals surface area contributed by atoms with Crippen LogP contribution in [0.15, 0.2) is 105 Å². The highest BCUT2D eigenvalue weighted by molar-refractivity contribution is 8.22. The second kappa shape index (κ2) is 10.8. The molecule has 0 bridgehead atoms. The van der Waals surface area contributed by atoms with Crippen molar-refractivity contribution >= 4 is 29.4 Å². The van der Waals surface area contributed by atoms with Crippen LogP contribution in [-0.2, 0) is 11.3 Å². The average molecular weight is 422 g/mol. The summed E-state index contributed by atoms with van der Waals surface area (Å²) in [6.45, 7) is 2.10. The summed E-state index contributed by atoms with van der Waals surface area (Å²) >= 11 is 3.31. The maximum absolute atomic E-state index is 12.3. The van der Waals surface area contributed by atoms with Gasteiger partial charge in [0.05, 0.1) is 17.9 Å². The molecule has 1 amide bonds. The van der Waals surface area contributed by atoms with Crippen LogP contribution in [-0.4, -0.2) is 17.9 Å². The second-order valence-corrected chi connectivity index (χ2v) is 8.76. The van der Waals surface area contributed by atoms with Crippen molar-refractivity contribution < 1.29 is 9.53 Å². The fourth-order valence-corrected chi connectivity index (χ4v) is 4.74. The molecule has 148 valence electrons. The van der Waals surface area contributed by atoms with E-state index in [1.807, 2.05) is 66.9 Å². The maximum Gasteiger partial charge on any atom is 0.223 e. The van der Waals surface area contributed by atoms with Gasteiger partial charge in [0.2, 0.25) is 5.91 Å². The van der Waals surface area contributed by atoms with Crippen molar-refractivity contribution in [2.45, 2.75) is 23.3 Å². The number of ether oxygens (including phenoxy) is 1. The van der Waals surface area contributed by atoms with E-state index in [1.165, 1.54) is 0 Å². The molecule has 3 aromatic rings. The molecule has 3 aromatic carbocycles. The minimum absolute atomic E-state index is 0.000594. The Morgan fingerprint density at radius 1 is 0.862 bits per heavy atom. The minimum Gasteiger partial charge on any atom is -0.497 e. The Balaban J connectivity index is 1.85. The van der Waals surface area contributed by atoms with Crippen molar-refractivity contribution in [1.29, 1.82) is 0 Å². The Kier molecular flexibility index (Phi) is 7.85. The number of hydrogen-bond acceptors (Lipinski definition) is 4. The Morgan fingerprint density at radius 2 is 1.38 bits per heavy atom. The molecule has 0 heterocycles. The van der Waals surface area contributed by atoms with Crippen LogP contribution in [0.1, 0.15) is 12.5 Å². The molecule has 0 aliphatic rings. The monoisotopic (exact) mass is 421 g/mol. The van der Waals surface area contributed by atoms with Gasteiger partial charge in [-0.3, -0.25) is 4.79 Å². The van der Waals surface area contributed by atoms with Gasteiger partial charge in [0.15, 0.2) is 0 Å². The Labute approximate surface area is 180 Å². The van der Waals surface area contributed by atoms with Crippen molar-refractivity contribution in [2.75, 3.05) is 7.11 Å². The van der Waals surface area contributed by atoms with Gasteiger partial charge in [-0.2, -0.15) is 0 Å². The van der Waals surface area contributed by atoms with Gasteiger partial charge in [0, 0.05) is 22.9 Å². The first-order valence-corrected chi connectivity index (χ1v) is 10.8. The zero-order valence-corrected chi connectivity index (χ0v) is 18.1. The number of benzene rings is 3.